The van der Waals surface area contributed by atoms with Crippen molar-refractivity contribution >= 4 is 39.1 Å². The van der Waals surface area contributed by atoms with Crippen LogP contribution in [0.4, 0.5) is 5.69 Å². The number of carbonyl (C=O) groups is 2. The van der Waals surface area contributed by atoms with Crippen molar-refractivity contribution in [3.63, 3.8) is 0 Å². The van der Waals surface area contributed by atoms with Crippen LogP contribution in [0.2, 0.25) is 0 Å². The summed E-state index contributed by atoms with van der Waals surface area (Å²) in [7, 11) is 0. The first-order valence-corrected chi connectivity index (χ1v) is 11.6. The number of aromatic nitrogens is 1. The van der Waals surface area contributed by atoms with Gasteiger partial charge >= 0.3 is 5.97 Å². The Labute approximate surface area is 189 Å². The second kappa shape index (κ2) is 8.78. The first-order valence-electron chi connectivity index (χ1n) is 10.8. The van der Waals surface area contributed by atoms with Crippen LogP contribution in [-0.4, -0.2) is 30.3 Å². The van der Waals surface area contributed by atoms with Gasteiger partial charge in [-0.15, -0.1) is 11.3 Å². The van der Waals surface area contributed by atoms with Crippen LogP contribution < -0.4 is 14.8 Å². The lowest BCUT2D eigenvalue weighted by molar-refractivity contribution is -0.160. The molecule has 0 unspecified atom stereocenters. The Balaban J connectivity index is 1.24. The summed E-state index contributed by atoms with van der Waals surface area (Å²) in [5.74, 6) is 0.528. The topological polar surface area (TPSA) is 86.8 Å². The lowest BCUT2D eigenvalue weighted by Gasteiger charge is -2.34. The fourth-order valence-electron chi connectivity index (χ4n) is 4.42. The third-order valence-electron chi connectivity index (χ3n) is 6.06. The zero-order valence-electron chi connectivity index (χ0n) is 17.6. The first kappa shape index (κ1) is 20.8. The van der Waals surface area contributed by atoms with E-state index < -0.39 is 5.41 Å². The van der Waals surface area contributed by atoms with Gasteiger partial charge in [0.25, 0.3) is 5.91 Å². The molecule has 2 heterocycles. The zero-order valence-corrected chi connectivity index (χ0v) is 18.4. The highest BCUT2D eigenvalue weighted by Crippen LogP contribution is 2.42. The van der Waals surface area contributed by atoms with Crippen molar-refractivity contribution in [2.75, 3.05) is 18.7 Å². The largest absolute Gasteiger partial charge is 0.455 e. The summed E-state index contributed by atoms with van der Waals surface area (Å²) in [4.78, 5) is 30.3. The van der Waals surface area contributed by atoms with E-state index in [1.165, 1.54) is 0 Å². The smallest absolute Gasteiger partial charge is 0.313 e. The van der Waals surface area contributed by atoms with E-state index in [0.717, 1.165) is 47.3 Å². The Kier molecular flexibility index (Phi) is 5.70. The quantitative estimate of drug-likeness (QED) is 0.546. The van der Waals surface area contributed by atoms with Gasteiger partial charge in [0, 0.05) is 18.2 Å². The molecule has 0 radical (unpaired) electrons. The summed E-state index contributed by atoms with van der Waals surface area (Å²) in [6.45, 7) is -0.157. The van der Waals surface area contributed by atoms with Gasteiger partial charge in [0.1, 0.15) is 0 Å². The van der Waals surface area contributed by atoms with Gasteiger partial charge < -0.3 is 19.5 Å². The Morgan fingerprint density at radius 1 is 1.06 bits per heavy atom. The van der Waals surface area contributed by atoms with Crippen LogP contribution >= 0.6 is 11.3 Å². The third-order valence-corrected chi connectivity index (χ3v) is 7.10. The first-order chi connectivity index (χ1) is 15.6. The van der Waals surface area contributed by atoms with E-state index in [9.17, 15) is 9.59 Å². The molecule has 0 atom stereocenters. The van der Waals surface area contributed by atoms with Crippen LogP contribution in [0.25, 0.3) is 10.2 Å². The Morgan fingerprint density at radius 3 is 2.72 bits per heavy atom. The minimum absolute atomic E-state index is 0.168. The standard InChI is InChI=1S/C24H24N2O5S/c27-21(25-16-8-9-18-19(12-16)31-15-30-18)14-29-23(28)24(10-4-1-5-11-24)13-22-26-17-6-2-3-7-20(17)32-22/h2-3,6-9,12H,1,4-5,10-11,13-15H2,(H,25,27). The number of ether oxygens (including phenoxy) is 3. The summed E-state index contributed by atoms with van der Waals surface area (Å²) in [5.41, 5.74) is 0.901. The van der Waals surface area contributed by atoms with Gasteiger partial charge in [-0.3, -0.25) is 9.59 Å². The van der Waals surface area contributed by atoms with Crippen molar-refractivity contribution in [3.8, 4) is 11.5 Å². The predicted molar refractivity (Wildman–Crippen MR) is 121 cm³/mol. The zero-order chi connectivity index (χ0) is 22.0. The van der Waals surface area contributed by atoms with E-state index in [1.54, 1.807) is 29.5 Å². The lowest BCUT2D eigenvalue weighted by Crippen LogP contribution is -2.38. The van der Waals surface area contributed by atoms with E-state index in [2.05, 4.69) is 5.32 Å². The van der Waals surface area contributed by atoms with Crippen molar-refractivity contribution in [1.29, 1.82) is 0 Å². The van der Waals surface area contributed by atoms with Gasteiger partial charge in [-0.05, 0) is 37.1 Å². The van der Waals surface area contributed by atoms with Crippen molar-refractivity contribution in [3.05, 3.63) is 47.5 Å². The van der Waals surface area contributed by atoms with Crippen molar-refractivity contribution < 1.29 is 23.8 Å². The average Bonchev–Trinajstić information content (AvgIpc) is 3.43. The van der Waals surface area contributed by atoms with Crippen LogP contribution in [0.5, 0.6) is 11.5 Å². The maximum absolute atomic E-state index is 13.2. The molecule has 5 rings (SSSR count). The summed E-state index contributed by atoms with van der Waals surface area (Å²) in [6, 6.07) is 13.1. The number of esters is 1. The molecule has 166 valence electrons. The summed E-state index contributed by atoms with van der Waals surface area (Å²) >= 11 is 1.62. The summed E-state index contributed by atoms with van der Waals surface area (Å²) in [5, 5.41) is 3.69. The maximum Gasteiger partial charge on any atom is 0.313 e. The van der Waals surface area contributed by atoms with Gasteiger partial charge in [0.2, 0.25) is 6.79 Å². The predicted octanol–water partition coefficient (Wildman–Crippen LogP) is 4.70. The number of hydrogen-bond donors (Lipinski definition) is 1. The molecule has 1 amide bonds. The lowest BCUT2D eigenvalue weighted by atomic mass is 9.72. The number of nitrogens with one attached hydrogen (secondary N) is 1. The van der Waals surface area contributed by atoms with E-state index in [1.807, 2.05) is 24.3 Å². The number of anilines is 1. The van der Waals surface area contributed by atoms with Crippen LogP contribution in [0.1, 0.15) is 37.1 Å². The number of carbonyl (C=O) groups excluding carboxylic acids is 2. The molecule has 2 aromatic carbocycles. The van der Waals surface area contributed by atoms with E-state index in [-0.39, 0.29) is 25.3 Å². The van der Waals surface area contributed by atoms with E-state index in [4.69, 9.17) is 19.2 Å². The minimum atomic E-state index is -0.620. The molecular formula is C24H24N2O5S. The second-order valence-corrected chi connectivity index (χ2v) is 9.40. The number of para-hydroxylation sites is 1. The molecule has 8 heteroatoms. The highest BCUT2D eigenvalue weighted by Gasteiger charge is 2.42. The van der Waals surface area contributed by atoms with Gasteiger partial charge in [-0.25, -0.2) is 4.98 Å². The van der Waals surface area contributed by atoms with Gasteiger partial charge in [0.15, 0.2) is 18.1 Å². The van der Waals surface area contributed by atoms with Crippen molar-refractivity contribution in [2.45, 2.75) is 38.5 Å². The Morgan fingerprint density at radius 2 is 1.88 bits per heavy atom. The van der Waals surface area contributed by atoms with E-state index >= 15 is 0 Å². The monoisotopic (exact) mass is 452 g/mol. The molecule has 7 nitrogen and oxygen atoms in total. The number of amides is 1. The van der Waals surface area contributed by atoms with Crippen LogP contribution in [-0.2, 0) is 20.7 Å². The molecule has 2 aliphatic rings. The fraction of sp³-hybridized carbons (Fsp3) is 0.375. The second-order valence-electron chi connectivity index (χ2n) is 8.29. The van der Waals surface area contributed by atoms with Crippen LogP contribution in [0, 0.1) is 5.41 Å². The molecule has 1 N–H and O–H groups in total. The summed E-state index contributed by atoms with van der Waals surface area (Å²) < 4.78 is 17.2. The summed E-state index contributed by atoms with van der Waals surface area (Å²) in [6.07, 6.45) is 5.12. The highest BCUT2D eigenvalue weighted by atomic mass is 32.1. The Bertz CT molecular complexity index is 1120. The van der Waals surface area contributed by atoms with Gasteiger partial charge in [-0.2, -0.15) is 0 Å². The third kappa shape index (κ3) is 4.27. The molecule has 1 fully saturated rings. The fourth-order valence-corrected chi connectivity index (χ4v) is 5.53. The molecule has 0 bridgehead atoms. The molecular weight excluding hydrogens is 428 g/mol. The van der Waals surface area contributed by atoms with Crippen molar-refractivity contribution in [1.82, 2.24) is 4.98 Å². The number of hydrogen-bond acceptors (Lipinski definition) is 7. The van der Waals surface area contributed by atoms with Crippen LogP contribution in [0.15, 0.2) is 42.5 Å². The molecule has 3 aromatic rings. The molecule has 1 aliphatic heterocycles. The maximum atomic E-state index is 13.2. The Hall–Kier alpha value is -3.13. The molecule has 32 heavy (non-hydrogen) atoms. The van der Waals surface area contributed by atoms with Gasteiger partial charge in [-0.1, -0.05) is 31.4 Å². The molecule has 0 spiro atoms. The van der Waals surface area contributed by atoms with Crippen molar-refractivity contribution in [2.24, 2.45) is 5.41 Å². The number of rotatable bonds is 6. The van der Waals surface area contributed by atoms with Crippen LogP contribution in [0.3, 0.4) is 0 Å². The SMILES string of the molecule is O=C(COC(=O)C1(Cc2nc3ccccc3s2)CCCCC1)Nc1ccc2c(c1)OCO2. The van der Waals surface area contributed by atoms with E-state index in [0.29, 0.717) is 23.6 Å². The minimum Gasteiger partial charge on any atom is -0.455 e. The normalized spacial score (nSPS) is 16.6. The molecule has 0 saturated heterocycles. The number of benzene rings is 2. The number of fused-ring (bicyclic) bond motifs is 2. The number of thiazole rings is 1. The van der Waals surface area contributed by atoms with Gasteiger partial charge in [0.05, 0.1) is 20.6 Å². The molecule has 1 saturated carbocycles. The molecule has 1 aromatic heterocycles. The number of nitrogens with zero attached hydrogens (tertiary/aromatic N) is 1. The average molecular weight is 453 g/mol. The highest BCUT2D eigenvalue weighted by molar-refractivity contribution is 7.18. The molecule has 1 aliphatic carbocycles.